The summed E-state index contributed by atoms with van der Waals surface area (Å²) in [7, 11) is 0. The normalized spacial score (nSPS) is 15.6. The highest BCUT2D eigenvalue weighted by Gasteiger charge is 2.29. The van der Waals surface area contributed by atoms with E-state index >= 15 is 0 Å². The van der Waals surface area contributed by atoms with Crippen molar-refractivity contribution in [2.75, 3.05) is 5.32 Å². The average Bonchev–Trinajstić information content (AvgIpc) is 2.93. The third-order valence-corrected chi connectivity index (χ3v) is 4.70. The smallest absolute Gasteiger partial charge is 0.256 e. The largest absolute Gasteiger partial charge is 0.320 e. The van der Waals surface area contributed by atoms with Gasteiger partial charge in [-0.15, -0.1) is 0 Å². The van der Waals surface area contributed by atoms with Crippen LogP contribution in [0.5, 0.6) is 0 Å². The molecule has 1 aromatic heterocycles. The quantitative estimate of drug-likeness (QED) is 0.714. The van der Waals surface area contributed by atoms with Gasteiger partial charge in [0.2, 0.25) is 0 Å². The van der Waals surface area contributed by atoms with Crippen LogP contribution in [0.4, 0.5) is 5.69 Å². The second-order valence-electron chi connectivity index (χ2n) is 4.70. The van der Waals surface area contributed by atoms with Crippen molar-refractivity contribution in [2.45, 2.75) is 13.8 Å². The Balaban J connectivity index is 2.22. The Bertz CT molecular complexity index is 762. The zero-order valence-electron chi connectivity index (χ0n) is 10.8. The Morgan fingerprint density at radius 3 is 2.60 bits per heavy atom. The van der Waals surface area contributed by atoms with E-state index in [1.54, 1.807) is 6.08 Å². The summed E-state index contributed by atoms with van der Waals surface area (Å²) >= 11 is 7.00. The highest BCUT2D eigenvalue weighted by atomic mass is 79.9. The SMILES string of the molecule is Cc1cc(C=C2C(=O)Nc3c(Br)cc(Br)c(C)c32)n[nH]1. The minimum Gasteiger partial charge on any atom is -0.320 e. The lowest BCUT2D eigenvalue weighted by Gasteiger charge is -2.08. The van der Waals surface area contributed by atoms with Crippen molar-refractivity contribution >= 4 is 55.1 Å². The molecule has 2 N–H and O–H groups in total. The lowest BCUT2D eigenvalue weighted by molar-refractivity contribution is -0.110. The molecule has 6 heteroatoms. The summed E-state index contributed by atoms with van der Waals surface area (Å²) in [5.41, 5.74) is 5.09. The van der Waals surface area contributed by atoms with Crippen molar-refractivity contribution < 1.29 is 4.79 Å². The first-order valence-electron chi connectivity index (χ1n) is 6.01. The maximum absolute atomic E-state index is 12.2. The molecule has 2 heterocycles. The highest BCUT2D eigenvalue weighted by Crippen LogP contribution is 2.43. The van der Waals surface area contributed by atoms with Crippen LogP contribution >= 0.6 is 31.9 Å². The number of carbonyl (C=O) groups is 1. The molecule has 0 radical (unpaired) electrons. The number of amides is 1. The zero-order chi connectivity index (χ0) is 14.4. The molecule has 0 spiro atoms. The number of nitrogens with zero attached hydrogens (tertiary/aromatic N) is 1. The van der Waals surface area contributed by atoms with Gasteiger partial charge in [0.05, 0.1) is 17.0 Å². The maximum atomic E-state index is 12.2. The third kappa shape index (κ3) is 2.13. The predicted molar refractivity (Wildman–Crippen MR) is 86.4 cm³/mol. The van der Waals surface area contributed by atoms with E-state index in [-0.39, 0.29) is 5.91 Å². The number of carbonyl (C=O) groups excluding carboxylic acids is 1. The molecule has 1 aliphatic heterocycles. The van der Waals surface area contributed by atoms with Crippen LogP contribution in [0, 0.1) is 13.8 Å². The fourth-order valence-corrected chi connectivity index (χ4v) is 3.53. The molecule has 0 aliphatic carbocycles. The van der Waals surface area contributed by atoms with E-state index < -0.39 is 0 Å². The lowest BCUT2D eigenvalue weighted by Crippen LogP contribution is -2.03. The molecule has 3 rings (SSSR count). The zero-order valence-corrected chi connectivity index (χ0v) is 14.0. The average molecular weight is 397 g/mol. The number of nitrogens with one attached hydrogen (secondary N) is 2. The van der Waals surface area contributed by atoms with Gasteiger partial charge in [0.15, 0.2) is 0 Å². The maximum Gasteiger partial charge on any atom is 0.256 e. The number of fused-ring (bicyclic) bond motifs is 1. The number of hydrogen-bond acceptors (Lipinski definition) is 2. The molecule has 102 valence electrons. The van der Waals surface area contributed by atoms with Crippen LogP contribution in [0.3, 0.4) is 0 Å². The fourth-order valence-electron chi connectivity index (χ4n) is 2.27. The first kappa shape index (κ1) is 13.6. The van der Waals surface area contributed by atoms with Gasteiger partial charge in [-0.05, 0) is 53.5 Å². The van der Waals surface area contributed by atoms with Crippen LogP contribution < -0.4 is 5.32 Å². The van der Waals surface area contributed by atoms with Crippen molar-refractivity contribution in [1.82, 2.24) is 10.2 Å². The highest BCUT2D eigenvalue weighted by molar-refractivity contribution is 9.11. The van der Waals surface area contributed by atoms with Crippen molar-refractivity contribution in [2.24, 2.45) is 0 Å². The Labute approximate surface area is 132 Å². The fraction of sp³-hybridized carbons (Fsp3) is 0.143. The summed E-state index contributed by atoms with van der Waals surface area (Å²) in [4.78, 5) is 12.2. The molecule has 2 aromatic rings. The van der Waals surface area contributed by atoms with Crippen LogP contribution in [-0.4, -0.2) is 16.1 Å². The molecule has 0 unspecified atom stereocenters. The van der Waals surface area contributed by atoms with Crippen molar-refractivity contribution in [3.05, 3.63) is 43.6 Å². The number of rotatable bonds is 1. The van der Waals surface area contributed by atoms with Gasteiger partial charge in [0, 0.05) is 20.2 Å². The van der Waals surface area contributed by atoms with Gasteiger partial charge in [-0.1, -0.05) is 15.9 Å². The monoisotopic (exact) mass is 395 g/mol. The summed E-state index contributed by atoms with van der Waals surface area (Å²) < 4.78 is 1.82. The lowest BCUT2D eigenvalue weighted by atomic mass is 10.0. The second-order valence-corrected chi connectivity index (χ2v) is 6.41. The molecular weight excluding hydrogens is 386 g/mol. The van der Waals surface area contributed by atoms with Gasteiger partial charge in [-0.25, -0.2) is 0 Å². The van der Waals surface area contributed by atoms with E-state index in [0.717, 1.165) is 37.1 Å². The topological polar surface area (TPSA) is 57.8 Å². The van der Waals surface area contributed by atoms with E-state index in [9.17, 15) is 4.79 Å². The van der Waals surface area contributed by atoms with E-state index in [1.807, 2.05) is 26.0 Å². The molecule has 0 fully saturated rings. The number of aromatic nitrogens is 2. The number of H-pyrrole nitrogens is 1. The van der Waals surface area contributed by atoms with Gasteiger partial charge < -0.3 is 5.32 Å². The van der Waals surface area contributed by atoms with Crippen LogP contribution in [-0.2, 0) is 4.79 Å². The van der Waals surface area contributed by atoms with Crippen LogP contribution in [0.1, 0.15) is 22.5 Å². The van der Waals surface area contributed by atoms with Gasteiger partial charge in [-0.2, -0.15) is 5.10 Å². The van der Waals surface area contributed by atoms with Crippen molar-refractivity contribution in [3.63, 3.8) is 0 Å². The number of hydrogen-bond donors (Lipinski definition) is 2. The summed E-state index contributed by atoms with van der Waals surface area (Å²) in [6.45, 7) is 3.91. The second kappa shape index (κ2) is 4.86. The number of anilines is 1. The Kier molecular flexibility index (Phi) is 3.30. The van der Waals surface area contributed by atoms with Crippen molar-refractivity contribution in [1.29, 1.82) is 0 Å². The standard InChI is InChI=1S/C14H11Br2N3O/c1-6-3-8(19-18-6)4-9-12-7(2)10(15)5-11(16)13(12)17-14(9)20/h3-5H,1-2H3,(H,17,20)(H,18,19). The summed E-state index contributed by atoms with van der Waals surface area (Å²) in [6.07, 6.45) is 1.80. The van der Waals surface area contributed by atoms with Gasteiger partial charge >= 0.3 is 0 Å². The Morgan fingerprint density at radius 1 is 1.20 bits per heavy atom. The molecule has 0 saturated heterocycles. The minimum atomic E-state index is -0.109. The van der Waals surface area contributed by atoms with Crippen LogP contribution in [0.25, 0.3) is 11.6 Å². The molecule has 20 heavy (non-hydrogen) atoms. The van der Waals surface area contributed by atoms with Crippen LogP contribution in [0.2, 0.25) is 0 Å². The number of aryl methyl sites for hydroxylation is 1. The first-order chi connectivity index (χ1) is 9.47. The van der Waals surface area contributed by atoms with E-state index in [2.05, 4.69) is 47.4 Å². The van der Waals surface area contributed by atoms with Gasteiger partial charge in [-0.3, -0.25) is 9.89 Å². The summed E-state index contributed by atoms with van der Waals surface area (Å²) in [6, 6.07) is 3.84. The molecule has 1 aromatic carbocycles. The van der Waals surface area contributed by atoms with Gasteiger partial charge in [0.25, 0.3) is 5.91 Å². The third-order valence-electron chi connectivity index (χ3n) is 3.25. The number of aromatic amines is 1. The van der Waals surface area contributed by atoms with Gasteiger partial charge in [0.1, 0.15) is 0 Å². The molecule has 1 aliphatic rings. The molecule has 0 bridgehead atoms. The van der Waals surface area contributed by atoms with Crippen LogP contribution in [0.15, 0.2) is 21.1 Å². The van der Waals surface area contributed by atoms with Crippen molar-refractivity contribution in [3.8, 4) is 0 Å². The molecule has 0 atom stereocenters. The molecule has 1 amide bonds. The number of benzene rings is 1. The molecular formula is C14H11Br2N3O. The summed E-state index contributed by atoms with van der Waals surface area (Å²) in [5, 5.41) is 9.93. The van der Waals surface area contributed by atoms with E-state index in [1.165, 1.54) is 0 Å². The van der Waals surface area contributed by atoms with E-state index in [0.29, 0.717) is 5.57 Å². The summed E-state index contributed by atoms with van der Waals surface area (Å²) in [5.74, 6) is -0.109. The predicted octanol–water partition coefficient (Wildman–Crippen LogP) is 4.04. The minimum absolute atomic E-state index is 0.109. The Hall–Kier alpha value is -1.40. The first-order valence-corrected chi connectivity index (χ1v) is 7.60. The Morgan fingerprint density at radius 2 is 1.95 bits per heavy atom. The van der Waals surface area contributed by atoms with E-state index in [4.69, 9.17) is 0 Å². The molecule has 4 nitrogen and oxygen atoms in total. The number of halogens is 2. The molecule has 0 saturated carbocycles.